The standard InChI is InChI=1S/C14H19N3/c1-4-11(3)17-14(15)9-13(16-17)12-8-6-5-7-10(12)2/h5-9,11H,4,15H2,1-3H3. The van der Waals surface area contributed by atoms with Crippen LogP contribution in [0.4, 0.5) is 5.82 Å². The van der Waals surface area contributed by atoms with Crippen LogP contribution in [0.1, 0.15) is 31.9 Å². The Morgan fingerprint density at radius 1 is 1.35 bits per heavy atom. The van der Waals surface area contributed by atoms with Crippen molar-refractivity contribution in [2.24, 2.45) is 0 Å². The number of aryl methyl sites for hydroxylation is 1. The minimum atomic E-state index is 0.341. The summed E-state index contributed by atoms with van der Waals surface area (Å²) >= 11 is 0. The first-order valence-corrected chi connectivity index (χ1v) is 6.04. The van der Waals surface area contributed by atoms with E-state index in [4.69, 9.17) is 5.73 Å². The van der Waals surface area contributed by atoms with Crippen LogP contribution in [-0.2, 0) is 0 Å². The van der Waals surface area contributed by atoms with Gasteiger partial charge in [-0.2, -0.15) is 5.10 Å². The first-order chi connectivity index (χ1) is 8.13. The van der Waals surface area contributed by atoms with E-state index in [-0.39, 0.29) is 0 Å². The van der Waals surface area contributed by atoms with Crippen molar-refractivity contribution in [3.05, 3.63) is 35.9 Å². The van der Waals surface area contributed by atoms with Gasteiger partial charge in [0.1, 0.15) is 5.82 Å². The minimum Gasteiger partial charge on any atom is -0.384 e. The molecule has 0 bridgehead atoms. The second kappa shape index (κ2) is 4.62. The summed E-state index contributed by atoms with van der Waals surface area (Å²) in [4.78, 5) is 0. The number of aromatic nitrogens is 2. The molecule has 90 valence electrons. The summed E-state index contributed by atoms with van der Waals surface area (Å²) in [6, 6.07) is 10.5. The maximum absolute atomic E-state index is 6.01. The highest BCUT2D eigenvalue weighted by Gasteiger charge is 2.12. The summed E-state index contributed by atoms with van der Waals surface area (Å²) in [5.74, 6) is 0.734. The summed E-state index contributed by atoms with van der Waals surface area (Å²) < 4.78 is 1.90. The molecule has 1 heterocycles. The van der Waals surface area contributed by atoms with E-state index >= 15 is 0 Å². The van der Waals surface area contributed by atoms with Gasteiger partial charge in [0.2, 0.25) is 0 Å². The highest BCUT2D eigenvalue weighted by molar-refractivity contribution is 5.65. The SMILES string of the molecule is CCC(C)n1nc(-c2ccccc2C)cc1N. The Balaban J connectivity index is 2.45. The van der Waals surface area contributed by atoms with Gasteiger partial charge < -0.3 is 5.73 Å². The summed E-state index contributed by atoms with van der Waals surface area (Å²) in [6.45, 7) is 6.36. The lowest BCUT2D eigenvalue weighted by atomic mass is 10.1. The van der Waals surface area contributed by atoms with E-state index in [1.165, 1.54) is 5.56 Å². The van der Waals surface area contributed by atoms with Crippen LogP contribution >= 0.6 is 0 Å². The molecular formula is C14H19N3. The smallest absolute Gasteiger partial charge is 0.122 e. The molecule has 2 rings (SSSR count). The van der Waals surface area contributed by atoms with Crippen molar-refractivity contribution in [3.63, 3.8) is 0 Å². The average Bonchev–Trinajstić information content (AvgIpc) is 2.71. The summed E-state index contributed by atoms with van der Waals surface area (Å²) in [7, 11) is 0. The second-order valence-corrected chi connectivity index (χ2v) is 4.47. The number of nitrogens with zero attached hydrogens (tertiary/aromatic N) is 2. The molecular weight excluding hydrogens is 210 g/mol. The molecule has 2 N–H and O–H groups in total. The fourth-order valence-electron chi connectivity index (χ4n) is 1.93. The molecule has 0 aliphatic carbocycles. The maximum atomic E-state index is 6.01. The zero-order valence-electron chi connectivity index (χ0n) is 10.6. The molecule has 3 heteroatoms. The van der Waals surface area contributed by atoms with Crippen molar-refractivity contribution in [2.75, 3.05) is 5.73 Å². The molecule has 3 nitrogen and oxygen atoms in total. The fourth-order valence-corrected chi connectivity index (χ4v) is 1.93. The minimum absolute atomic E-state index is 0.341. The van der Waals surface area contributed by atoms with Crippen LogP contribution in [0.2, 0.25) is 0 Å². The monoisotopic (exact) mass is 229 g/mol. The molecule has 17 heavy (non-hydrogen) atoms. The lowest BCUT2D eigenvalue weighted by Crippen LogP contribution is -2.09. The highest BCUT2D eigenvalue weighted by Crippen LogP contribution is 2.25. The molecule has 2 aromatic rings. The van der Waals surface area contributed by atoms with Gasteiger partial charge >= 0.3 is 0 Å². The summed E-state index contributed by atoms with van der Waals surface area (Å²) in [5.41, 5.74) is 9.34. The Labute approximate surface area is 102 Å². The number of nitrogen functional groups attached to an aromatic ring is 1. The number of hydrogen-bond donors (Lipinski definition) is 1. The lowest BCUT2D eigenvalue weighted by molar-refractivity contribution is 0.486. The van der Waals surface area contributed by atoms with E-state index < -0.39 is 0 Å². The van der Waals surface area contributed by atoms with Gasteiger partial charge in [-0.25, -0.2) is 4.68 Å². The van der Waals surface area contributed by atoms with Crippen LogP contribution in [0.15, 0.2) is 30.3 Å². The van der Waals surface area contributed by atoms with Crippen LogP contribution < -0.4 is 5.73 Å². The second-order valence-electron chi connectivity index (χ2n) is 4.47. The Hall–Kier alpha value is -1.77. The van der Waals surface area contributed by atoms with Crippen molar-refractivity contribution < 1.29 is 0 Å². The van der Waals surface area contributed by atoms with E-state index in [0.717, 1.165) is 23.5 Å². The zero-order chi connectivity index (χ0) is 12.4. The van der Waals surface area contributed by atoms with Crippen LogP contribution in [0.3, 0.4) is 0 Å². The van der Waals surface area contributed by atoms with E-state index in [2.05, 4.69) is 38.0 Å². The van der Waals surface area contributed by atoms with Gasteiger partial charge in [-0.1, -0.05) is 31.2 Å². The third-order valence-electron chi connectivity index (χ3n) is 3.19. The summed E-state index contributed by atoms with van der Waals surface area (Å²) in [6.07, 6.45) is 1.03. The molecule has 0 aliphatic rings. The molecule has 1 atom stereocenters. The Bertz CT molecular complexity index is 514. The molecule has 1 aromatic carbocycles. The molecule has 0 amide bonds. The van der Waals surface area contributed by atoms with Gasteiger partial charge in [-0.15, -0.1) is 0 Å². The Morgan fingerprint density at radius 2 is 2.06 bits per heavy atom. The molecule has 0 fully saturated rings. The molecule has 0 saturated heterocycles. The van der Waals surface area contributed by atoms with E-state index in [9.17, 15) is 0 Å². The van der Waals surface area contributed by atoms with Crippen molar-refractivity contribution in [2.45, 2.75) is 33.2 Å². The third-order valence-corrected chi connectivity index (χ3v) is 3.19. The van der Waals surface area contributed by atoms with Crippen molar-refractivity contribution >= 4 is 5.82 Å². The van der Waals surface area contributed by atoms with Gasteiger partial charge in [0.25, 0.3) is 0 Å². The largest absolute Gasteiger partial charge is 0.384 e. The van der Waals surface area contributed by atoms with Crippen molar-refractivity contribution in [1.82, 2.24) is 9.78 Å². The van der Waals surface area contributed by atoms with Gasteiger partial charge in [-0.05, 0) is 25.8 Å². The molecule has 0 aliphatic heterocycles. The van der Waals surface area contributed by atoms with Crippen LogP contribution in [-0.4, -0.2) is 9.78 Å². The number of anilines is 1. The number of hydrogen-bond acceptors (Lipinski definition) is 2. The normalized spacial score (nSPS) is 12.6. The van der Waals surface area contributed by atoms with Crippen molar-refractivity contribution in [3.8, 4) is 11.3 Å². The summed E-state index contributed by atoms with van der Waals surface area (Å²) in [5, 5.41) is 4.60. The predicted octanol–water partition coefficient (Wildman–Crippen LogP) is 3.41. The Morgan fingerprint density at radius 3 is 2.71 bits per heavy atom. The van der Waals surface area contributed by atoms with Crippen molar-refractivity contribution in [1.29, 1.82) is 0 Å². The topological polar surface area (TPSA) is 43.8 Å². The Kier molecular flexibility index (Phi) is 3.18. The number of benzene rings is 1. The molecule has 0 saturated carbocycles. The van der Waals surface area contributed by atoms with Gasteiger partial charge in [-0.3, -0.25) is 0 Å². The molecule has 0 radical (unpaired) electrons. The van der Waals surface area contributed by atoms with Crippen LogP contribution in [0.5, 0.6) is 0 Å². The predicted molar refractivity (Wildman–Crippen MR) is 71.8 cm³/mol. The first-order valence-electron chi connectivity index (χ1n) is 6.04. The average molecular weight is 229 g/mol. The van der Waals surface area contributed by atoms with Crippen LogP contribution in [0.25, 0.3) is 11.3 Å². The fraction of sp³-hybridized carbons (Fsp3) is 0.357. The van der Waals surface area contributed by atoms with Crippen LogP contribution in [0, 0.1) is 6.92 Å². The van der Waals surface area contributed by atoms with E-state index in [0.29, 0.717) is 6.04 Å². The van der Waals surface area contributed by atoms with Gasteiger partial charge in [0.05, 0.1) is 11.7 Å². The number of rotatable bonds is 3. The maximum Gasteiger partial charge on any atom is 0.122 e. The third kappa shape index (κ3) is 2.18. The lowest BCUT2D eigenvalue weighted by Gasteiger charge is -2.10. The first kappa shape index (κ1) is 11.7. The zero-order valence-corrected chi connectivity index (χ0v) is 10.6. The van der Waals surface area contributed by atoms with E-state index in [1.54, 1.807) is 0 Å². The molecule has 0 spiro atoms. The van der Waals surface area contributed by atoms with Gasteiger partial charge in [0, 0.05) is 11.6 Å². The van der Waals surface area contributed by atoms with E-state index in [1.807, 2.05) is 22.9 Å². The number of nitrogens with two attached hydrogens (primary N) is 1. The molecule has 1 unspecified atom stereocenters. The molecule has 1 aromatic heterocycles. The highest BCUT2D eigenvalue weighted by atomic mass is 15.3. The quantitative estimate of drug-likeness (QED) is 0.876. The van der Waals surface area contributed by atoms with Gasteiger partial charge in [0.15, 0.2) is 0 Å².